The van der Waals surface area contributed by atoms with Crippen molar-refractivity contribution in [3.8, 4) is 11.3 Å². The number of rotatable bonds is 2. The SMILES string of the molecule is S=C(Nc1ccccc1)N1CCc2noc(-c3ccc(Cl)cc3)c2C1. The second kappa shape index (κ2) is 6.86. The molecule has 126 valence electrons. The van der Waals surface area contributed by atoms with Gasteiger partial charge >= 0.3 is 0 Å². The summed E-state index contributed by atoms with van der Waals surface area (Å²) < 4.78 is 5.61. The van der Waals surface area contributed by atoms with Crippen LogP contribution >= 0.6 is 23.8 Å². The largest absolute Gasteiger partial charge is 0.356 e. The Balaban J connectivity index is 1.55. The molecule has 4 rings (SSSR count). The summed E-state index contributed by atoms with van der Waals surface area (Å²) >= 11 is 11.6. The summed E-state index contributed by atoms with van der Waals surface area (Å²) in [4.78, 5) is 2.14. The van der Waals surface area contributed by atoms with Gasteiger partial charge in [0.1, 0.15) is 0 Å². The fraction of sp³-hybridized carbons (Fsp3) is 0.158. The van der Waals surface area contributed by atoms with Crippen LogP contribution in [-0.4, -0.2) is 21.7 Å². The van der Waals surface area contributed by atoms with Gasteiger partial charge in [-0.1, -0.05) is 35.0 Å². The molecule has 0 saturated heterocycles. The minimum atomic E-state index is 0.676. The maximum absolute atomic E-state index is 5.98. The number of hydrogen-bond acceptors (Lipinski definition) is 3. The lowest BCUT2D eigenvalue weighted by atomic mass is 10.0. The zero-order chi connectivity index (χ0) is 17.2. The molecule has 1 aliphatic heterocycles. The summed E-state index contributed by atoms with van der Waals surface area (Å²) in [5.74, 6) is 0.791. The van der Waals surface area contributed by atoms with E-state index in [4.69, 9.17) is 28.3 Å². The van der Waals surface area contributed by atoms with Crippen LogP contribution in [0.2, 0.25) is 5.02 Å². The van der Waals surface area contributed by atoms with Crippen molar-refractivity contribution in [2.45, 2.75) is 13.0 Å². The molecule has 0 radical (unpaired) electrons. The molecule has 1 aromatic heterocycles. The van der Waals surface area contributed by atoms with Crippen molar-refractivity contribution < 1.29 is 4.52 Å². The topological polar surface area (TPSA) is 41.3 Å². The van der Waals surface area contributed by atoms with Gasteiger partial charge in [0, 0.05) is 34.8 Å². The molecule has 2 heterocycles. The molecular weight excluding hydrogens is 354 g/mol. The van der Waals surface area contributed by atoms with Crippen LogP contribution in [0.3, 0.4) is 0 Å². The average Bonchev–Trinajstić information content (AvgIpc) is 3.06. The third kappa shape index (κ3) is 3.38. The number of nitrogens with zero attached hydrogens (tertiary/aromatic N) is 2. The molecule has 0 spiro atoms. The summed E-state index contributed by atoms with van der Waals surface area (Å²) in [5.41, 5.74) is 4.05. The Kier molecular flexibility index (Phi) is 4.42. The molecule has 2 aromatic carbocycles. The highest BCUT2D eigenvalue weighted by Gasteiger charge is 2.26. The van der Waals surface area contributed by atoms with Gasteiger partial charge in [0.15, 0.2) is 10.9 Å². The van der Waals surface area contributed by atoms with Gasteiger partial charge < -0.3 is 14.7 Å². The summed E-state index contributed by atoms with van der Waals surface area (Å²) in [6, 6.07) is 17.6. The van der Waals surface area contributed by atoms with Crippen LogP contribution in [0.25, 0.3) is 11.3 Å². The van der Waals surface area contributed by atoms with E-state index in [-0.39, 0.29) is 0 Å². The first-order valence-electron chi connectivity index (χ1n) is 8.05. The zero-order valence-electron chi connectivity index (χ0n) is 13.4. The van der Waals surface area contributed by atoms with Gasteiger partial charge in [-0.25, -0.2) is 0 Å². The summed E-state index contributed by atoms with van der Waals surface area (Å²) in [7, 11) is 0. The minimum absolute atomic E-state index is 0.676. The molecule has 3 aromatic rings. The lowest BCUT2D eigenvalue weighted by Gasteiger charge is -2.29. The first kappa shape index (κ1) is 16.1. The van der Waals surface area contributed by atoms with Crippen LogP contribution < -0.4 is 5.32 Å². The fourth-order valence-electron chi connectivity index (χ4n) is 2.94. The number of benzene rings is 2. The molecule has 0 amide bonds. The third-order valence-electron chi connectivity index (χ3n) is 4.26. The van der Waals surface area contributed by atoms with E-state index in [9.17, 15) is 0 Å². The zero-order valence-corrected chi connectivity index (χ0v) is 15.0. The van der Waals surface area contributed by atoms with Gasteiger partial charge in [-0.2, -0.15) is 0 Å². The minimum Gasteiger partial charge on any atom is -0.356 e. The van der Waals surface area contributed by atoms with Crippen molar-refractivity contribution in [2.75, 3.05) is 11.9 Å². The molecule has 0 bridgehead atoms. The molecule has 0 aliphatic carbocycles. The van der Waals surface area contributed by atoms with Crippen LogP contribution in [0.1, 0.15) is 11.3 Å². The quantitative estimate of drug-likeness (QED) is 0.660. The molecule has 0 saturated carbocycles. The summed E-state index contributed by atoms with van der Waals surface area (Å²) in [6.45, 7) is 1.49. The standard InChI is InChI=1S/C19H16ClN3OS/c20-14-8-6-13(7-9-14)18-16-12-23(11-10-17(16)22-24-18)19(25)21-15-4-2-1-3-5-15/h1-9H,10-12H2,(H,21,25). The smallest absolute Gasteiger partial charge is 0.173 e. The Bertz CT molecular complexity index is 893. The normalized spacial score (nSPS) is 13.4. The van der Waals surface area contributed by atoms with Gasteiger partial charge in [0.2, 0.25) is 0 Å². The Morgan fingerprint density at radius 2 is 1.88 bits per heavy atom. The summed E-state index contributed by atoms with van der Waals surface area (Å²) in [5, 5.41) is 8.93. The predicted molar refractivity (Wildman–Crippen MR) is 104 cm³/mol. The fourth-order valence-corrected chi connectivity index (χ4v) is 3.34. The number of hydrogen-bond donors (Lipinski definition) is 1. The van der Waals surface area contributed by atoms with Crippen LogP contribution in [0.15, 0.2) is 59.1 Å². The number of anilines is 1. The Morgan fingerprint density at radius 1 is 1.12 bits per heavy atom. The van der Waals surface area contributed by atoms with E-state index in [0.29, 0.717) is 16.7 Å². The number of nitrogens with one attached hydrogen (secondary N) is 1. The van der Waals surface area contributed by atoms with E-state index >= 15 is 0 Å². The van der Waals surface area contributed by atoms with E-state index < -0.39 is 0 Å². The second-order valence-corrected chi connectivity index (χ2v) is 6.73. The maximum Gasteiger partial charge on any atom is 0.173 e. The van der Waals surface area contributed by atoms with E-state index in [1.165, 1.54) is 0 Å². The van der Waals surface area contributed by atoms with Crippen molar-refractivity contribution in [1.29, 1.82) is 0 Å². The van der Waals surface area contributed by atoms with Gasteiger partial charge in [-0.05, 0) is 48.6 Å². The van der Waals surface area contributed by atoms with Crippen molar-refractivity contribution >= 4 is 34.6 Å². The van der Waals surface area contributed by atoms with Crippen molar-refractivity contribution in [3.05, 3.63) is 70.9 Å². The molecule has 4 nitrogen and oxygen atoms in total. The predicted octanol–water partition coefficient (Wildman–Crippen LogP) is 4.75. The lowest BCUT2D eigenvalue weighted by molar-refractivity contribution is 0.392. The van der Waals surface area contributed by atoms with Gasteiger partial charge in [-0.15, -0.1) is 0 Å². The number of halogens is 1. The van der Waals surface area contributed by atoms with Gasteiger partial charge in [-0.3, -0.25) is 0 Å². The van der Waals surface area contributed by atoms with E-state index in [1.807, 2.05) is 54.6 Å². The third-order valence-corrected chi connectivity index (χ3v) is 4.87. The first-order chi connectivity index (χ1) is 12.2. The average molecular weight is 370 g/mol. The maximum atomic E-state index is 5.98. The highest BCUT2D eigenvalue weighted by molar-refractivity contribution is 7.80. The molecule has 0 atom stereocenters. The monoisotopic (exact) mass is 369 g/mol. The first-order valence-corrected chi connectivity index (χ1v) is 8.83. The van der Waals surface area contributed by atoms with Crippen molar-refractivity contribution in [1.82, 2.24) is 10.1 Å². The van der Waals surface area contributed by atoms with Crippen LogP contribution in [0, 0.1) is 0 Å². The number of thiocarbonyl (C=S) groups is 1. The highest BCUT2D eigenvalue weighted by atomic mass is 35.5. The number of aromatic nitrogens is 1. The Hall–Kier alpha value is -2.37. The van der Waals surface area contributed by atoms with Gasteiger partial charge in [0.25, 0.3) is 0 Å². The molecule has 0 unspecified atom stereocenters. The van der Waals surface area contributed by atoms with E-state index in [1.54, 1.807) is 0 Å². The molecule has 1 aliphatic rings. The van der Waals surface area contributed by atoms with Crippen LogP contribution in [0.4, 0.5) is 5.69 Å². The molecule has 25 heavy (non-hydrogen) atoms. The second-order valence-electron chi connectivity index (χ2n) is 5.91. The summed E-state index contributed by atoms with van der Waals surface area (Å²) in [6.07, 6.45) is 0.809. The van der Waals surface area contributed by atoms with Crippen molar-refractivity contribution in [2.24, 2.45) is 0 Å². The lowest BCUT2D eigenvalue weighted by Crippen LogP contribution is -2.38. The highest BCUT2D eigenvalue weighted by Crippen LogP contribution is 2.31. The van der Waals surface area contributed by atoms with E-state index in [0.717, 1.165) is 41.2 Å². The number of fused-ring (bicyclic) bond motifs is 1. The molecule has 0 fully saturated rings. The van der Waals surface area contributed by atoms with E-state index in [2.05, 4.69) is 15.4 Å². The van der Waals surface area contributed by atoms with Gasteiger partial charge in [0.05, 0.1) is 12.2 Å². The Morgan fingerprint density at radius 3 is 2.64 bits per heavy atom. The van der Waals surface area contributed by atoms with Crippen LogP contribution in [0.5, 0.6) is 0 Å². The number of para-hydroxylation sites is 1. The van der Waals surface area contributed by atoms with Crippen LogP contribution in [-0.2, 0) is 13.0 Å². The van der Waals surface area contributed by atoms with Crippen molar-refractivity contribution in [3.63, 3.8) is 0 Å². The molecule has 6 heteroatoms. The molecular formula is C19H16ClN3OS. The molecule has 1 N–H and O–H groups in total. The Labute approximate surface area is 156 Å².